The van der Waals surface area contributed by atoms with Crippen LogP contribution in [-0.2, 0) is 15.1 Å². The highest BCUT2D eigenvalue weighted by Gasteiger charge is 2.51. The molecule has 3 aliphatic rings. The number of fused-ring (bicyclic) bond motifs is 1. The van der Waals surface area contributed by atoms with Crippen LogP contribution in [0.15, 0.2) is 24.5 Å². The van der Waals surface area contributed by atoms with E-state index in [0.29, 0.717) is 26.1 Å². The molecule has 3 aromatic heterocycles. The van der Waals surface area contributed by atoms with Crippen LogP contribution in [0.1, 0.15) is 38.2 Å². The van der Waals surface area contributed by atoms with Crippen molar-refractivity contribution in [2.24, 2.45) is 0 Å². The second-order valence-electron chi connectivity index (χ2n) is 8.88. The van der Waals surface area contributed by atoms with E-state index in [2.05, 4.69) is 33.2 Å². The molecule has 9 heteroatoms. The molecule has 30 heavy (non-hydrogen) atoms. The van der Waals surface area contributed by atoms with Crippen LogP contribution in [-0.4, -0.2) is 68.1 Å². The number of morpholine rings is 1. The van der Waals surface area contributed by atoms with Crippen LogP contribution in [0.3, 0.4) is 0 Å². The first kappa shape index (κ1) is 18.3. The molecule has 9 nitrogen and oxygen atoms in total. The Labute approximate surface area is 174 Å². The normalized spacial score (nSPS) is 31.5. The lowest BCUT2D eigenvalue weighted by atomic mass is 9.74. The van der Waals surface area contributed by atoms with Gasteiger partial charge in [-0.2, -0.15) is 14.9 Å². The third-order valence-corrected chi connectivity index (χ3v) is 6.95. The van der Waals surface area contributed by atoms with Crippen LogP contribution in [0.5, 0.6) is 0 Å². The quantitative estimate of drug-likeness (QED) is 0.636. The van der Waals surface area contributed by atoms with Gasteiger partial charge in [0, 0.05) is 18.0 Å². The predicted molar refractivity (Wildman–Crippen MR) is 110 cm³/mol. The zero-order valence-electron chi connectivity index (χ0n) is 17.0. The van der Waals surface area contributed by atoms with E-state index in [9.17, 15) is 5.11 Å². The largest absolute Gasteiger partial charge is 0.385 e. The zero-order valence-corrected chi connectivity index (χ0v) is 17.0. The second kappa shape index (κ2) is 6.50. The number of ether oxygens (including phenoxy) is 2. The fraction of sp³-hybridized carbons (Fsp3) is 0.571. The number of hydrogen-bond acceptors (Lipinski definition) is 7. The molecular formula is C21H26N6O3. The summed E-state index contributed by atoms with van der Waals surface area (Å²) in [6.45, 7) is 5.07. The van der Waals surface area contributed by atoms with Gasteiger partial charge >= 0.3 is 0 Å². The lowest BCUT2D eigenvalue weighted by Gasteiger charge is -2.38. The lowest BCUT2D eigenvalue weighted by Crippen LogP contribution is -2.44. The van der Waals surface area contributed by atoms with Gasteiger partial charge in [0.25, 0.3) is 0 Å². The molecule has 1 saturated carbocycles. The minimum Gasteiger partial charge on any atom is -0.385 e. The number of H-pyrrole nitrogens is 1. The van der Waals surface area contributed by atoms with Crippen molar-refractivity contribution in [3.05, 3.63) is 30.1 Å². The van der Waals surface area contributed by atoms with Crippen molar-refractivity contribution in [1.82, 2.24) is 25.0 Å². The molecule has 1 atom stereocenters. The third kappa shape index (κ3) is 2.84. The highest BCUT2D eigenvalue weighted by molar-refractivity contribution is 5.83. The Morgan fingerprint density at radius 2 is 2.10 bits per heavy atom. The molecule has 1 spiro atoms. The SMILES string of the molecule is C[C@@H]1COCCN1c1cc(C2(O)CCC3(CC2)CO3)c2cnn(-c3ccn[nH]3)c2n1. The Hall–Kier alpha value is -2.49. The molecule has 0 aromatic carbocycles. The number of nitrogens with one attached hydrogen (secondary N) is 1. The Balaban J connectivity index is 1.50. The van der Waals surface area contributed by atoms with Crippen molar-refractivity contribution in [1.29, 1.82) is 0 Å². The van der Waals surface area contributed by atoms with Crippen molar-refractivity contribution >= 4 is 16.9 Å². The minimum atomic E-state index is -0.912. The van der Waals surface area contributed by atoms with E-state index in [-0.39, 0.29) is 11.6 Å². The summed E-state index contributed by atoms with van der Waals surface area (Å²) in [5, 5.41) is 24.2. The Kier molecular flexibility index (Phi) is 3.96. The number of aromatic amines is 1. The number of aliphatic hydroxyl groups is 1. The molecule has 2 aliphatic heterocycles. The summed E-state index contributed by atoms with van der Waals surface area (Å²) >= 11 is 0. The molecule has 0 radical (unpaired) electrons. The monoisotopic (exact) mass is 410 g/mol. The van der Waals surface area contributed by atoms with Gasteiger partial charge < -0.3 is 19.5 Å². The molecule has 0 amide bonds. The van der Waals surface area contributed by atoms with Gasteiger partial charge in [-0.3, -0.25) is 5.10 Å². The summed E-state index contributed by atoms with van der Waals surface area (Å²) < 4.78 is 13.0. The number of aromatic nitrogens is 5. The molecule has 5 heterocycles. The van der Waals surface area contributed by atoms with Gasteiger partial charge in [0.05, 0.1) is 49.5 Å². The fourth-order valence-corrected chi connectivity index (χ4v) is 4.91. The van der Waals surface area contributed by atoms with Gasteiger partial charge in [0.15, 0.2) is 11.5 Å². The van der Waals surface area contributed by atoms with Gasteiger partial charge in [0.2, 0.25) is 0 Å². The highest BCUT2D eigenvalue weighted by Crippen LogP contribution is 2.50. The molecule has 0 unspecified atom stereocenters. The van der Waals surface area contributed by atoms with E-state index >= 15 is 0 Å². The van der Waals surface area contributed by atoms with Crippen LogP contribution >= 0.6 is 0 Å². The maximum Gasteiger partial charge on any atom is 0.167 e. The van der Waals surface area contributed by atoms with Crippen LogP contribution in [0, 0.1) is 0 Å². The standard InChI is InChI=1S/C21H26N6O3/c1-14-12-29-9-8-26(14)18-10-16(21(28)5-3-20(4-6-21)13-30-20)15-11-23-27(19(15)24-18)17-2-7-22-25-17/h2,7,10-11,14,28H,3-6,8-9,12-13H2,1H3,(H,22,25)/t14-,20?,21?/m1/s1. The molecular weight excluding hydrogens is 384 g/mol. The summed E-state index contributed by atoms with van der Waals surface area (Å²) in [5.74, 6) is 1.60. The van der Waals surface area contributed by atoms with Gasteiger partial charge in [0.1, 0.15) is 5.82 Å². The molecule has 2 N–H and O–H groups in total. The summed E-state index contributed by atoms with van der Waals surface area (Å²) in [5.41, 5.74) is 0.731. The first-order valence-corrected chi connectivity index (χ1v) is 10.7. The number of pyridine rings is 1. The van der Waals surface area contributed by atoms with Crippen molar-refractivity contribution in [3.63, 3.8) is 0 Å². The number of rotatable bonds is 3. The summed E-state index contributed by atoms with van der Waals surface area (Å²) in [7, 11) is 0. The third-order valence-electron chi connectivity index (χ3n) is 6.95. The average molecular weight is 410 g/mol. The highest BCUT2D eigenvalue weighted by atomic mass is 16.6. The number of anilines is 1. The fourth-order valence-electron chi connectivity index (χ4n) is 4.91. The number of nitrogens with zero attached hydrogens (tertiary/aromatic N) is 5. The maximum atomic E-state index is 11.7. The van der Waals surface area contributed by atoms with Crippen LogP contribution in [0.2, 0.25) is 0 Å². The molecule has 3 fully saturated rings. The molecule has 3 aromatic rings. The van der Waals surface area contributed by atoms with Crippen LogP contribution < -0.4 is 4.90 Å². The topological polar surface area (TPSA) is 105 Å². The van der Waals surface area contributed by atoms with Crippen LogP contribution in [0.25, 0.3) is 16.9 Å². The van der Waals surface area contributed by atoms with E-state index in [1.165, 1.54) is 0 Å². The smallest absolute Gasteiger partial charge is 0.167 e. The number of hydrogen-bond donors (Lipinski definition) is 2. The van der Waals surface area contributed by atoms with E-state index in [1.807, 2.05) is 6.07 Å². The molecule has 158 valence electrons. The molecule has 1 aliphatic carbocycles. The average Bonchev–Trinajstić information content (AvgIpc) is 3.14. The van der Waals surface area contributed by atoms with Crippen LogP contribution in [0.4, 0.5) is 5.82 Å². The second-order valence-corrected chi connectivity index (χ2v) is 8.88. The number of epoxide rings is 1. The van der Waals surface area contributed by atoms with Gasteiger partial charge in [-0.05, 0) is 44.2 Å². The van der Waals surface area contributed by atoms with Gasteiger partial charge in [-0.25, -0.2) is 4.98 Å². The van der Waals surface area contributed by atoms with E-state index in [0.717, 1.165) is 54.2 Å². The van der Waals surface area contributed by atoms with Crippen molar-refractivity contribution in [3.8, 4) is 5.82 Å². The van der Waals surface area contributed by atoms with Crippen molar-refractivity contribution < 1.29 is 14.6 Å². The van der Waals surface area contributed by atoms with E-state index in [4.69, 9.17) is 14.5 Å². The van der Waals surface area contributed by atoms with E-state index < -0.39 is 5.60 Å². The van der Waals surface area contributed by atoms with Gasteiger partial charge in [-0.1, -0.05) is 0 Å². The van der Waals surface area contributed by atoms with Crippen molar-refractivity contribution in [2.45, 2.75) is 49.9 Å². The van der Waals surface area contributed by atoms with Crippen molar-refractivity contribution in [2.75, 3.05) is 31.3 Å². The minimum absolute atomic E-state index is 0.0139. The lowest BCUT2D eigenvalue weighted by molar-refractivity contribution is -0.0193. The first-order valence-electron chi connectivity index (χ1n) is 10.7. The Morgan fingerprint density at radius 1 is 1.27 bits per heavy atom. The maximum absolute atomic E-state index is 11.7. The Morgan fingerprint density at radius 3 is 2.80 bits per heavy atom. The van der Waals surface area contributed by atoms with Gasteiger partial charge in [-0.15, -0.1) is 0 Å². The molecule has 6 rings (SSSR count). The first-order chi connectivity index (χ1) is 14.6. The summed E-state index contributed by atoms with van der Waals surface area (Å²) in [6.07, 6.45) is 6.62. The summed E-state index contributed by atoms with van der Waals surface area (Å²) in [4.78, 5) is 7.24. The molecule has 0 bridgehead atoms. The van der Waals surface area contributed by atoms with E-state index in [1.54, 1.807) is 17.1 Å². The predicted octanol–water partition coefficient (Wildman–Crippen LogP) is 1.90. The summed E-state index contributed by atoms with van der Waals surface area (Å²) in [6, 6.07) is 4.14. The Bertz CT molecular complexity index is 1060. The molecule has 2 saturated heterocycles. The zero-order chi connectivity index (χ0) is 20.3.